The summed E-state index contributed by atoms with van der Waals surface area (Å²) in [5, 5.41) is 13.0. The molecule has 0 spiro atoms. The topological polar surface area (TPSA) is 45.1 Å². The average Bonchev–Trinajstić information content (AvgIpc) is 2.38. The number of rotatable bonds is 4. The number of pyridine rings is 1. The van der Waals surface area contributed by atoms with Gasteiger partial charge in [-0.1, -0.05) is 24.3 Å². The van der Waals surface area contributed by atoms with Crippen molar-refractivity contribution < 1.29 is 5.11 Å². The molecule has 0 aliphatic rings. The molecule has 2 N–H and O–H groups in total. The summed E-state index contributed by atoms with van der Waals surface area (Å²) in [6, 6.07) is 11.5. The second-order valence-electron chi connectivity index (χ2n) is 4.02. The highest BCUT2D eigenvalue weighted by Gasteiger charge is 2.05. The predicted octanol–water partition coefficient (Wildman–Crippen LogP) is 2.64. The van der Waals surface area contributed by atoms with Crippen molar-refractivity contribution in [2.45, 2.75) is 19.5 Å². The average molecular weight is 228 g/mol. The highest BCUT2D eigenvalue weighted by atomic mass is 16.3. The number of para-hydroxylation sites is 1. The summed E-state index contributed by atoms with van der Waals surface area (Å²) in [7, 11) is 0. The maximum absolute atomic E-state index is 9.64. The molecule has 0 unspecified atom stereocenters. The number of nitrogens with one attached hydrogen (secondary N) is 1. The number of hydrogen-bond acceptors (Lipinski definition) is 3. The van der Waals surface area contributed by atoms with E-state index in [0.29, 0.717) is 12.3 Å². The van der Waals surface area contributed by atoms with Crippen molar-refractivity contribution in [1.82, 2.24) is 10.3 Å². The first-order chi connectivity index (χ1) is 8.27. The molecule has 3 nitrogen and oxygen atoms in total. The molecule has 0 bridgehead atoms. The van der Waals surface area contributed by atoms with Crippen molar-refractivity contribution in [2.75, 3.05) is 0 Å². The Morgan fingerprint density at radius 3 is 2.76 bits per heavy atom. The van der Waals surface area contributed by atoms with E-state index in [2.05, 4.69) is 17.2 Å². The lowest BCUT2D eigenvalue weighted by Gasteiger charge is -2.14. The molecule has 0 aliphatic heterocycles. The van der Waals surface area contributed by atoms with E-state index in [4.69, 9.17) is 0 Å². The van der Waals surface area contributed by atoms with Crippen LogP contribution in [0.1, 0.15) is 24.1 Å². The largest absolute Gasteiger partial charge is 0.508 e. The third kappa shape index (κ3) is 3.04. The number of nitrogens with zero attached hydrogens (tertiary/aromatic N) is 1. The smallest absolute Gasteiger partial charge is 0.120 e. The summed E-state index contributed by atoms with van der Waals surface area (Å²) in [5.41, 5.74) is 2.05. The Labute approximate surface area is 101 Å². The van der Waals surface area contributed by atoms with E-state index in [9.17, 15) is 5.11 Å². The van der Waals surface area contributed by atoms with Crippen LogP contribution in [0.3, 0.4) is 0 Å². The van der Waals surface area contributed by atoms with Crippen LogP contribution in [0.4, 0.5) is 0 Å². The van der Waals surface area contributed by atoms with Gasteiger partial charge in [-0.05, 0) is 24.6 Å². The Morgan fingerprint density at radius 2 is 2.06 bits per heavy atom. The molecule has 0 saturated carbocycles. The Kier molecular flexibility index (Phi) is 3.73. The lowest BCUT2D eigenvalue weighted by molar-refractivity contribution is 0.460. The van der Waals surface area contributed by atoms with Crippen LogP contribution in [0.15, 0.2) is 48.8 Å². The molecule has 2 aromatic rings. The maximum Gasteiger partial charge on any atom is 0.120 e. The maximum atomic E-state index is 9.64. The van der Waals surface area contributed by atoms with E-state index in [1.165, 1.54) is 0 Å². The Hall–Kier alpha value is -1.87. The minimum Gasteiger partial charge on any atom is -0.508 e. The van der Waals surface area contributed by atoms with Crippen LogP contribution < -0.4 is 5.32 Å². The monoisotopic (exact) mass is 228 g/mol. The zero-order valence-corrected chi connectivity index (χ0v) is 9.80. The zero-order valence-electron chi connectivity index (χ0n) is 9.80. The Bertz CT molecular complexity index is 471. The molecule has 1 aromatic carbocycles. The summed E-state index contributed by atoms with van der Waals surface area (Å²) >= 11 is 0. The summed E-state index contributed by atoms with van der Waals surface area (Å²) in [6.45, 7) is 2.72. The fourth-order valence-electron chi connectivity index (χ4n) is 1.67. The summed E-state index contributed by atoms with van der Waals surface area (Å²) in [5.74, 6) is 0.332. The van der Waals surface area contributed by atoms with Gasteiger partial charge in [0.15, 0.2) is 0 Å². The summed E-state index contributed by atoms with van der Waals surface area (Å²) in [6.07, 6.45) is 3.61. The number of aromatic nitrogens is 1. The highest BCUT2D eigenvalue weighted by molar-refractivity contribution is 5.31. The van der Waals surface area contributed by atoms with Gasteiger partial charge in [0.05, 0.1) is 0 Å². The first kappa shape index (κ1) is 11.6. The van der Waals surface area contributed by atoms with E-state index >= 15 is 0 Å². The number of benzene rings is 1. The minimum atomic E-state index is 0.211. The molecule has 0 amide bonds. The van der Waals surface area contributed by atoms with Crippen LogP contribution in [0.2, 0.25) is 0 Å². The second kappa shape index (κ2) is 5.46. The molecule has 1 atom stereocenters. The number of hydrogen-bond donors (Lipinski definition) is 2. The van der Waals surface area contributed by atoms with Gasteiger partial charge < -0.3 is 10.4 Å². The van der Waals surface area contributed by atoms with E-state index in [-0.39, 0.29) is 6.04 Å². The number of aromatic hydroxyl groups is 1. The third-order valence-electron chi connectivity index (χ3n) is 2.77. The SMILES string of the molecule is C[C@@H](NCc1ccccc1O)c1cccnc1. The second-order valence-corrected chi connectivity index (χ2v) is 4.02. The summed E-state index contributed by atoms with van der Waals surface area (Å²) < 4.78 is 0. The van der Waals surface area contributed by atoms with Crippen LogP contribution in [0.5, 0.6) is 5.75 Å². The first-order valence-electron chi connectivity index (χ1n) is 5.67. The van der Waals surface area contributed by atoms with E-state index in [1.807, 2.05) is 36.5 Å². The molecule has 0 radical (unpaired) electrons. The lowest BCUT2D eigenvalue weighted by Crippen LogP contribution is -2.18. The normalized spacial score (nSPS) is 12.3. The predicted molar refractivity (Wildman–Crippen MR) is 67.6 cm³/mol. The van der Waals surface area contributed by atoms with Crippen LogP contribution in [-0.4, -0.2) is 10.1 Å². The Morgan fingerprint density at radius 1 is 1.24 bits per heavy atom. The molecule has 1 heterocycles. The van der Waals surface area contributed by atoms with Crippen molar-refractivity contribution in [3.05, 3.63) is 59.9 Å². The van der Waals surface area contributed by atoms with Gasteiger partial charge >= 0.3 is 0 Å². The third-order valence-corrected chi connectivity index (χ3v) is 2.77. The molecular formula is C14H16N2O. The molecular weight excluding hydrogens is 212 g/mol. The quantitative estimate of drug-likeness (QED) is 0.845. The fourth-order valence-corrected chi connectivity index (χ4v) is 1.67. The fraction of sp³-hybridized carbons (Fsp3) is 0.214. The van der Waals surface area contributed by atoms with Gasteiger partial charge in [0.2, 0.25) is 0 Å². The van der Waals surface area contributed by atoms with Crippen LogP contribution in [0, 0.1) is 0 Å². The van der Waals surface area contributed by atoms with Gasteiger partial charge in [-0.15, -0.1) is 0 Å². The Balaban J connectivity index is 1.97. The van der Waals surface area contributed by atoms with Gasteiger partial charge in [0.1, 0.15) is 5.75 Å². The van der Waals surface area contributed by atoms with Crippen molar-refractivity contribution in [2.24, 2.45) is 0 Å². The van der Waals surface area contributed by atoms with E-state index < -0.39 is 0 Å². The first-order valence-corrected chi connectivity index (χ1v) is 5.67. The van der Waals surface area contributed by atoms with Crippen molar-refractivity contribution in [3.8, 4) is 5.75 Å². The number of phenolic OH excluding ortho intramolecular Hbond substituents is 1. The van der Waals surface area contributed by atoms with Crippen molar-refractivity contribution in [3.63, 3.8) is 0 Å². The molecule has 0 fully saturated rings. The lowest BCUT2D eigenvalue weighted by atomic mass is 10.1. The molecule has 0 saturated heterocycles. The van der Waals surface area contributed by atoms with Gasteiger partial charge in [-0.25, -0.2) is 0 Å². The molecule has 3 heteroatoms. The van der Waals surface area contributed by atoms with Gasteiger partial charge in [0.25, 0.3) is 0 Å². The van der Waals surface area contributed by atoms with Gasteiger partial charge in [0, 0.05) is 30.5 Å². The number of phenols is 1. The van der Waals surface area contributed by atoms with E-state index in [1.54, 1.807) is 12.3 Å². The van der Waals surface area contributed by atoms with Crippen LogP contribution in [0.25, 0.3) is 0 Å². The van der Waals surface area contributed by atoms with Crippen molar-refractivity contribution >= 4 is 0 Å². The molecule has 1 aromatic heterocycles. The van der Waals surface area contributed by atoms with Gasteiger partial charge in [-0.2, -0.15) is 0 Å². The van der Waals surface area contributed by atoms with E-state index in [0.717, 1.165) is 11.1 Å². The molecule has 0 aliphatic carbocycles. The van der Waals surface area contributed by atoms with Crippen molar-refractivity contribution in [1.29, 1.82) is 0 Å². The minimum absolute atomic E-state index is 0.211. The van der Waals surface area contributed by atoms with Crippen LogP contribution >= 0.6 is 0 Å². The van der Waals surface area contributed by atoms with Gasteiger partial charge in [-0.3, -0.25) is 4.98 Å². The standard InChI is InChI=1S/C14H16N2O/c1-11(12-6-4-8-15-9-12)16-10-13-5-2-3-7-14(13)17/h2-9,11,16-17H,10H2,1H3/t11-/m1/s1. The van der Waals surface area contributed by atoms with Crippen LogP contribution in [-0.2, 0) is 6.54 Å². The molecule has 17 heavy (non-hydrogen) atoms. The highest BCUT2D eigenvalue weighted by Crippen LogP contribution is 2.17. The molecule has 88 valence electrons. The zero-order chi connectivity index (χ0) is 12.1. The molecule has 2 rings (SSSR count). The summed E-state index contributed by atoms with van der Waals surface area (Å²) in [4.78, 5) is 4.09.